The number of para-hydroxylation sites is 1. The molecule has 2 heterocycles. The summed E-state index contributed by atoms with van der Waals surface area (Å²) in [4.78, 5) is 25.0. The molecule has 4 rings (SSSR count). The first-order valence-electron chi connectivity index (χ1n) is 8.96. The second-order valence-corrected chi connectivity index (χ2v) is 6.82. The van der Waals surface area contributed by atoms with Crippen LogP contribution in [0.25, 0.3) is 5.69 Å². The van der Waals surface area contributed by atoms with E-state index < -0.39 is 11.7 Å². The average molecular weight is 378 g/mol. The lowest BCUT2D eigenvalue weighted by Crippen LogP contribution is -2.31. The first-order valence-corrected chi connectivity index (χ1v) is 8.96. The van der Waals surface area contributed by atoms with E-state index in [1.54, 1.807) is 10.7 Å². The topological polar surface area (TPSA) is 76.0 Å². The molecule has 1 unspecified atom stereocenters. The van der Waals surface area contributed by atoms with E-state index in [2.05, 4.69) is 15.7 Å². The number of aryl methyl sites for hydroxylation is 1. The Morgan fingerprint density at radius 1 is 1.21 bits per heavy atom. The third-order valence-corrected chi connectivity index (χ3v) is 4.91. The molecule has 0 saturated heterocycles. The highest BCUT2D eigenvalue weighted by Crippen LogP contribution is 2.34. The summed E-state index contributed by atoms with van der Waals surface area (Å²) in [7, 11) is 0. The van der Waals surface area contributed by atoms with Crippen molar-refractivity contribution >= 4 is 23.2 Å². The van der Waals surface area contributed by atoms with Crippen LogP contribution in [0.5, 0.6) is 0 Å². The van der Waals surface area contributed by atoms with E-state index in [0.29, 0.717) is 22.6 Å². The van der Waals surface area contributed by atoms with Gasteiger partial charge >= 0.3 is 0 Å². The summed E-state index contributed by atoms with van der Waals surface area (Å²) in [6.07, 6.45) is 0.00931. The van der Waals surface area contributed by atoms with Crippen molar-refractivity contribution in [2.45, 2.75) is 26.2 Å². The summed E-state index contributed by atoms with van der Waals surface area (Å²) < 4.78 is 15.3. The Hall–Kier alpha value is -3.48. The molecule has 6 nitrogen and oxygen atoms in total. The van der Waals surface area contributed by atoms with Crippen molar-refractivity contribution in [2.75, 3.05) is 10.6 Å². The van der Waals surface area contributed by atoms with E-state index in [1.807, 2.05) is 44.2 Å². The van der Waals surface area contributed by atoms with Gasteiger partial charge in [0.1, 0.15) is 5.82 Å². The monoisotopic (exact) mass is 378 g/mol. The molecule has 2 N–H and O–H groups in total. The van der Waals surface area contributed by atoms with Crippen LogP contribution in [0, 0.1) is 19.7 Å². The van der Waals surface area contributed by atoms with Crippen LogP contribution in [0.3, 0.4) is 0 Å². The van der Waals surface area contributed by atoms with Gasteiger partial charge in [-0.15, -0.1) is 0 Å². The van der Waals surface area contributed by atoms with Gasteiger partial charge in [0.15, 0.2) is 0 Å². The average Bonchev–Trinajstić information content (AvgIpc) is 2.96. The molecule has 0 saturated carbocycles. The SMILES string of the molecule is Cc1nn(-c2ccccc2)c(C)c1NC(=O)C1CC(=O)Nc2cc(F)ccc21. The number of carbonyl (C=O) groups is 2. The number of fused-ring (bicyclic) bond motifs is 1. The van der Waals surface area contributed by atoms with Crippen LogP contribution in [-0.2, 0) is 9.59 Å². The predicted molar refractivity (Wildman–Crippen MR) is 104 cm³/mol. The van der Waals surface area contributed by atoms with Gasteiger partial charge in [-0.2, -0.15) is 5.10 Å². The van der Waals surface area contributed by atoms with Crippen molar-refractivity contribution in [2.24, 2.45) is 0 Å². The molecule has 0 bridgehead atoms. The van der Waals surface area contributed by atoms with Crippen molar-refractivity contribution in [1.29, 1.82) is 0 Å². The molecule has 1 aliphatic heterocycles. The summed E-state index contributed by atoms with van der Waals surface area (Å²) in [5.74, 6) is -1.78. The fourth-order valence-electron chi connectivity index (χ4n) is 3.53. The number of rotatable bonds is 3. The third kappa shape index (κ3) is 3.15. The number of hydrogen-bond acceptors (Lipinski definition) is 3. The van der Waals surface area contributed by atoms with Gasteiger partial charge in [-0.25, -0.2) is 9.07 Å². The smallest absolute Gasteiger partial charge is 0.232 e. The molecular formula is C21H19FN4O2. The van der Waals surface area contributed by atoms with Crippen LogP contribution in [0.2, 0.25) is 0 Å². The molecule has 1 aliphatic rings. The van der Waals surface area contributed by atoms with Gasteiger partial charge in [0.2, 0.25) is 11.8 Å². The first-order chi connectivity index (χ1) is 13.4. The summed E-state index contributed by atoms with van der Waals surface area (Å²) >= 11 is 0. The van der Waals surface area contributed by atoms with Crippen LogP contribution >= 0.6 is 0 Å². The molecule has 3 aromatic rings. The number of aromatic nitrogens is 2. The second-order valence-electron chi connectivity index (χ2n) is 6.82. The molecule has 0 spiro atoms. The number of amides is 2. The van der Waals surface area contributed by atoms with E-state index in [-0.39, 0.29) is 18.2 Å². The number of nitrogens with zero attached hydrogens (tertiary/aromatic N) is 2. The summed E-state index contributed by atoms with van der Waals surface area (Å²) in [6.45, 7) is 3.69. The molecule has 2 amide bonds. The molecule has 0 aliphatic carbocycles. The Labute approximate surface area is 161 Å². The zero-order valence-electron chi connectivity index (χ0n) is 15.5. The van der Waals surface area contributed by atoms with Crippen LogP contribution in [0.15, 0.2) is 48.5 Å². The third-order valence-electron chi connectivity index (χ3n) is 4.91. The quantitative estimate of drug-likeness (QED) is 0.730. The Bertz CT molecular complexity index is 1080. The number of benzene rings is 2. The van der Waals surface area contributed by atoms with Crippen LogP contribution in [-0.4, -0.2) is 21.6 Å². The zero-order chi connectivity index (χ0) is 19.8. The maximum absolute atomic E-state index is 13.5. The molecule has 0 fully saturated rings. The zero-order valence-corrected chi connectivity index (χ0v) is 15.5. The van der Waals surface area contributed by atoms with E-state index in [1.165, 1.54) is 12.1 Å². The number of hydrogen-bond donors (Lipinski definition) is 2. The van der Waals surface area contributed by atoms with E-state index >= 15 is 0 Å². The predicted octanol–water partition coefficient (Wildman–Crippen LogP) is 3.69. The number of anilines is 2. The first kappa shape index (κ1) is 17.9. The maximum atomic E-state index is 13.5. The van der Waals surface area contributed by atoms with Crippen molar-refractivity contribution in [1.82, 2.24) is 9.78 Å². The lowest BCUT2D eigenvalue weighted by atomic mass is 9.89. The lowest BCUT2D eigenvalue weighted by molar-refractivity contribution is -0.123. The minimum Gasteiger partial charge on any atom is -0.326 e. The highest BCUT2D eigenvalue weighted by molar-refractivity contribution is 6.05. The molecule has 7 heteroatoms. The second kappa shape index (κ2) is 6.92. The number of carbonyl (C=O) groups excluding carboxylic acids is 2. The van der Waals surface area contributed by atoms with E-state index in [0.717, 1.165) is 11.4 Å². The van der Waals surface area contributed by atoms with Gasteiger partial charge in [0, 0.05) is 12.1 Å². The van der Waals surface area contributed by atoms with Crippen molar-refractivity contribution < 1.29 is 14.0 Å². The molecule has 28 heavy (non-hydrogen) atoms. The molecule has 0 radical (unpaired) electrons. The van der Waals surface area contributed by atoms with Gasteiger partial charge in [-0.1, -0.05) is 24.3 Å². The van der Waals surface area contributed by atoms with Crippen molar-refractivity contribution in [3.05, 3.63) is 71.3 Å². The van der Waals surface area contributed by atoms with Gasteiger partial charge in [0.25, 0.3) is 0 Å². The fourth-order valence-corrected chi connectivity index (χ4v) is 3.53. The molecule has 142 valence electrons. The molecule has 2 aromatic carbocycles. The lowest BCUT2D eigenvalue weighted by Gasteiger charge is -2.25. The number of nitrogens with one attached hydrogen (secondary N) is 2. The van der Waals surface area contributed by atoms with Gasteiger partial charge in [-0.3, -0.25) is 9.59 Å². The van der Waals surface area contributed by atoms with Crippen LogP contribution in [0.1, 0.15) is 29.3 Å². The van der Waals surface area contributed by atoms with E-state index in [4.69, 9.17) is 0 Å². The van der Waals surface area contributed by atoms with Gasteiger partial charge in [-0.05, 0) is 43.7 Å². The van der Waals surface area contributed by atoms with Crippen LogP contribution < -0.4 is 10.6 Å². The highest BCUT2D eigenvalue weighted by atomic mass is 19.1. The normalized spacial score (nSPS) is 15.7. The van der Waals surface area contributed by atoms with Gasteiger partial charge in [0.05, 0.1) is 28.7 Å². The Morgan fingerprint density at radius 2 is 1.96 bits per heavy atom. The van der Waals surface area contributed by atoms with Crippen molar-refractivity contribution in [3.63, 3.8) is 0 Å². The summed E-state index contributed by atoms with van der Waals surface area (Å²) in [5, 5.41) is 10.1. The molecule has 1 aromatic heterocycles. The largest absolute Gasteiger partial charge is 0.326 e. The van der Waals surface area contributed by atoms with Gasteiger partial charge < -0.3 is 10.6 Å². The summed E-state index contributed by atoms with van der Waals surface area (Å²) in [6, 6.07) is 13.7. The molecule has 1 atom stereocenters. The van der Waals surface area contributed by atoms with Crippen LogP contribution in [0.4, 0.5) is 15.8 Å². The maximum Gasteiger partial charge on any atom is 0.232 e. The Balaban J connectivity index is 1.65. The summed E-state index contributed by atoms with van der Waals surface area (Å²) in [5.41, 5.74) is 3.91. The fraction of sp³-hybridized carbons (Fsp3) is 0.190. The van der Waals surface area contributed by atoms with Crippen molar-refractivity contribution in [3.8, 4) is 5.69 Å². The Morgan fingerprint density at radius 3 is 2.71 bits per heavy atom. The minimum absolute atomic E-state index is 0.00931. The standard InChI is InChI=1S/C21H19FN4O2/c1-12-20(13(2)26(25-12)15-6-4-3-5-7-15)24-21(28)17-11-19(27)23-18-10-14(22)8-9-16(17)18/h3-10,17H,11H2,1-2H3,(H,23,27)(H,24,28). The Kier molecular flexibility index (Phi) is 4.43. The minimum atomic E-state index is -0.691. The highest BCUT2D eigenvalue weighted by Gasteiger charge is 2.32. The number of halogens is 1. The molecular weight excluding hydrogens is 359 g/mol. The van der Waals surface area contributed by atoms with E-state index in [9.17, 15) is 14.0 Å².